The van der Waals surface area contributed by atoms with E-state index in [1.54, 1.807) is 25.1 Å². The van der Waals surface area contributed by atoms with Gasteiger partial charge in [-0.25, -0.2) is 4.98 Å². The summed E-state index contributed by atoms with van der Waals surface area (Å²) in [6.45, 7) is 1.89. The molecule has 30 heavy (non-hydrogen) atoms. The Labute approximate surface area is 169 Å². The number of likely N-dealkylation sites (tertiary alicyclic amines) is 1. The van der Waals surface area contributed by atoms with Crippen LogP contribution in [0.25, 0.3) is 11.1 Å². The molecule has 1 aliphatic heterocycles. The summed E-state index contributed by atoms with van der Waals surface area (Å²) in [5, 5.41) is 2.76. The number of carbonyl (C=O) groups excluding carboxylic acids is 2. The molecule has 9 heteroatoms. The number of benzene rings is 2. The summed E-state index contributed by atoms with van der Waals surface area (Å²) in [6.07, 6.45) is -4.44. The largest absolute Gasteiger partial charge is 0.441 e. The van der Waals surface area contributed by atoms with E-state index >= 15 is 0 Å². The summed E-state index contributed by atoms with van der Waals surface area (Å²) >= 11 is 0. The van der Waals surface area contributed by atoms with E-state index in [1.165, 1.54) is 17.0 Å². The molecule has 1 fully saturated rings. The number of hydrogen-bond acceptors (Lipinski definition) is 4. The Morgan fingerprint density at radius 1 is 1.27 bits per heavy atom. The summed E-state index contributed by atoms with van der Waals surface area (Å²) in [5.41, 5.74) is 1.34. The SMILES string of the molecule is Cc1nc2ccc(NC(=O)C3CC(=O)N(Cc4cccc(C(F)(F)F)c4)C3)cc2o1. The predicted molar refractivity (Wildman–Crippen MR) is 102 cm³/mol. The molecule has 0 aliphatic carbocycles. The number of aryl methyl sites for hydroxylation is 1. The molecule has 1 N–H and O–H groups in total. The number of rotatable bonds is 4. The number of nitrogens with zero attached hydrogens (tertiary/aromatic N) is 2. The van der Waals surface area contributed by atoms with E-state index in [4.69, 9.17) is 4.42 Å². The molecule has 3 aromatic rings. The molecule has 1 aliphatic rings. The highest BCUT2D eigenvalue weighted by molar-refractivity contribution is 5.98. The molecule has 1 saturated heterocycles. The van der Waals surface area contributed by atoms with Crippen LogP contribution >= 0.6 is 0 Å². The Morgan fingerprint density at radius 3 is 2.83 bits per heavy atom. The highest BCUT2D eigenvalue weighted by atomic mass is 19.4. The lowest BCUT2D eigenvalue weighted by molar-refractivity contribution is -0.137. The van der Waals surface area contributed by atoms with Crippen LogP contribution in [0.4, 0.5) is 18.9 Å². The number of carbonyl (C=O) groups is 2. The predicted octanol–water partition coefficient (Wildman–Crippen LogP) is 4.14. The maximum absolute atomic E-state index is 12.9. The molecule has 1 atom stereocenters. The van der Waals surface area contributed by atoms with E-state index in [0.29, 0.717) is 28.2 Å². The number of amides is 2. The molecule has 156 valence electrons. The van der Waals surface area contributed by atoms with Crippen molar-refractivity contribution in [2.75, 3.05) is 11.9 Å². The van der Waals surface area contributed by atoms with Crippen molar-refractivity contribution in [1.29, 1.82) is 0 Å². The van der Waals surface area contributed by atoms with Crippen molar-refractivity contribution in [2.24, 2.45) is 5.92 Å². The van der Waals surface area contributed by atoms with Gasteiger partial charge >= 0.3 is 6.18 Å². The van der Waals surface area contributed by atoms with Gasteiger partial charge in [0.2, 0.25) is 11.8 Å². The summed E-state index contributed by atoms with van der Waals surface area (Å²) in [7, 11) is 0. The monoisotopic (exact) mass is 417 g/mol. The summed E-state index contributed by atoms with van der Waals surface area (Å²) in [4.78, 5) is 30.5. The number of aromatic nitrogens is 1. The third kappa shape index (κ3) is 4.14. The third-order valence-corrected chi connectivity index (χ3v) is 4.98. The molecule has 2 amide bonds. The van der Waals surface area contributed by atoms with Crippen LogP contribution in [-0.4, -0.2) is 28.2 Å². The minimum Gasteiger partial charge on any atom is -0.441 e. The van der Waals surface area contributed by atoms with Crippen LogP contribution in [0, 0.1) is 12.8 Å². The van der Waals surface area contributed by atoms with Gasteiger partial charge in [0, 0.05) is 38.2 Å². The molecule has 0 saturated carbocycles. The van der Waals surface area contributed by atoms with Gasteiger partial charge in [-0.15, -0.1) is 0 Å². The first-order chi connectivity index (χ1) is 14.2. The zero-order valence-electron chi connectivity index (χ0n) is 16.0. The molecular weight excluding hydrogens is 399 g/mol. The molecule has 4 rings (SSSR count). The Morgan fingerprint density at radius 2 is 2.07 bits per heavy atom. The van der Waals surface area contributed by atoms with Crippen LogP contribution in [0.5, 0.6) is 0 Å². The highest BCUT2D eigenvalue weighted by Crippen LogP contribution is 2.30. The van der Waals surface area contributed by atoms with Crippen LogP contribution in [-0.2, 0) is 22.3 Å². The summed E-state index contributed by atoms with van der Waals surface area (Å²) in [5.74, 6) is -0.671. The Hall–Kier alpha value is -3.36. The van der Waals surface area contributed by atoms with Crippen molar-refractivity contribution >= 4 is 28.6 Å². The molecule has 0 spiro atoms. The number of alkyl halides is 3. The number of nitrogens with one attached hydrogen (secondary N) is 1. The maximum atomic E-state index is 12.9. The average Bonchev–Trinajstić information content (AvgIpc) is 3.23. The van der Waals surface area contributed by atoms with Gasteiger partial charge in [0.05, 0.1) is 11.5 Å². The van der Waals surface area contributed by atoms with E-state index < -0.39 is 17.7 Å². The first kappa shape index (κ1) is 19.9. The Balaban J connectivity index is 1.42. The van der Waals surface area contributed by atoms with E-state index in [0.717, 1.165) is 12.1 Å². The van der Waals surface area contributed by atoms with Crippen molar-refractivity contribution in [1.82, 2.24) is 9.88 Å². The minimum atomic E-state index is -4.45. The molecule has 0 bridgehead atoms. The van der Waals surface area contributed by atoms with Crippen LogP contribution in [0.3, 0.4) is 0 Å². The fourth-order valence-corrected chi connectivity index (χ4v) is 3.53. The highest BCUT2D eigenvalue weighted by Gasteiger charge is 2.35. The van der Waals surface area contributed by atoms with Gasteiger partial charge in [-0.3, -0.25) is 9.59 Å². The van der Waals surface area contributed by atoms with Crippen LogP contribution in [0.2, 0.25) is 0 Å². The lowest BCUT2D eigenvalue weighted by Crippen LogP contribution is -2.28. The fourth-order valence-electron chi connectivity index (χ4n) is 3.53. The number of fused-ring (bicyclic) bond motifs is 1. The molecule has 6 nitrogen and oxygen atoms in total. The van der Waals surface area contributed by atoms with Crippen LogP contribution in [0.15, 0.2) is 46.9 Å². The summed E-state index contributed by atoms with van der Waals surface area (Å²) < 4.78 is 44.1. The van der Waals surface area contributed by atoms with Crippen molar-refractivity contribution < 1.29 is 27.2 Å². The van der Waals surface area contributed by atoms with Crippen molar-refractivity contribution in [2.45, 2.75) is 26.1 Å². The average molecular weight is 417 g/mol. The van der Waals surface area contributed by atoms with Crippen molar-refractivity contribution in [3.05, 3.63) is 59.5 Å². The van der Waals surface area contributed by atoms with Gasteiger partial charge in [0.25, 0.3) is 0 Å². The zero-order valence-corrected chi connectivity index (χ0v) is 16.0. The van der Waals surface area contributed by atoms with Gasteiger partial charge in [0.15, 0.2) is 11.5 Å². The van der Waals surface area contributed by atoms with Gasteiger partial charge in [-0.05, 0) is 29.8 Å². The van der Waals surface area contributed by atoms with E-state index in [2.05, 4.69) is 10.3 Å². The second-order valence-electron chi connectivity index (χ2n) is 7.28. The van der Waals surface area contributed by atoms with Crippen molar-refractivity contribution in [3.8, 4) is 0 Å². The molecule has 1 aromatic heterocycles. The normalized spacial score (nSPS) is 17.0. The fraction of sp³-hybridized carbons (Fsp3) is 0.286. The standard InChI is InChI=1S/C21H18F3N3O3/c1-12-25-17-6-5-16(9-18(17)30-12)26-20(29)14-8-19(28)27(11-14)10-13-3-2-4-15(7-13)21(22,23)24/h2-7,9,14H,8,10-11H2,1H3,(H,26,29). The van der Waals surface area contributed by atoms with E-state index in [-0.39, 0.29) is 31.3 Å². The summed E-state index contributed by atoms with van der Waals surface area (Å²) in [6, 6.07) is 9.92. The molecule has 0 radical (unpaired) electrons. The first-order valence-corrected chi connectivity index (χ1v) is 9.31. The molecular formula is C21H18F3N3O3. The lowest BCUT2D eigenvalue weighted by Gasteiger charge is -2.17. The number of halogens is 3. The molecule has 1 unspecified atom stereocenters. The minimum absolute atomic E-state index is 0.00839. The van der Waals surface area contributed by atoms with Gasteiger partial charge < -0.3 is 14.6 Å². The smallest absolute Gasteiger partial charge is 0.416 e. The lowest BCUT2D eigenvalue weighted by atomic mass is 10.1. The third-order valence-electron chi connectivity index (χ3n) is 4.98. The Bertz CT molecular complexity index is 1120. The van der Waals surface area contributed by atoms with E-state index in [9.17, 15) is 22.8 Å². The van der Waals surface area contributed by atoms with Gasteiger partial charge in [-0.2, -0.15) is 13.2 Å². The van der Waals surface area contributed by atoms with Crippen LogP contribution < -0.4 is 5.32 Å². The topological polar surface area (TPSA) is 75.4 Å². The quantitative estimate of drug-likeness (QED) is 0.692. The van der Waals surface area contributed by atoms with Crippen LogP contribution in [0.1, 0.15) is 23.4 Å². The number of hydrogen-bond donors (Lipinski definition) is 1. The Kier molecular flexibility index (Phi) is 4.97. The molecule has 2 heterocycles. The number of anilines is 1. The first-order valence-electron chi connectivity index (χ1n) is 9.31. The maximum Gasteiger partial charge on any atom is 0.416 e. The van der Waals surface area contributed by atoms with Crippen molar-refractivity contribution in [3.63, 3.8) is 0 Å². The number of oxazole rings is 1. The second kappa shape index (κ2) is 7.47. The van der Waals surface area contributed by atoms with Gasteiger partial charge in [0.1, 0.15) is 5.52 Å². The molecule has 2 aromatic carbocycles. The van der Waals surface area contributed by atoms with Gasteiger partial charge in [-0.1, -0.05) is 12.1 Å². The zero-order chi connectivity index (χ0) is 21.5. The second-order valence-corrected chi connectivity index (χ2v) is 7.28. The van der Waals surface area contributed by atoms with E-state index in [1.807, 2.05) is 0 Å².